The molecule has 26 heavy (non-hydrogen) atoms. The molecule has 0 saturated carbocycles. The zero-order valence-electron chi connectivity index (χ0n) is 14.4. The summed E-state index contributed by atoms with van der Waals surface area (Å²) in [5.74, 6) is -0.544. The molecule has 7 nitrogen and oxygen atoms in total. The second-order valence-electron chi connectivity index (χ2n) is 5.62. The first kappa shape index (κ1) is 21.1. The molecule has 0 aliphatic rings. The molecule has 1 rings (SSSR count). The van der Waals surface area contributed by atoms with E-state index >= 15 is 0 Å². The van der Waals surface area contributed by atoms with E-state index in [-0.39, 0.29) is 18.2 Å². The second kappa shape index (κ2) is 8.46. The van der Waals surface area contributed by atoms with Crippen molar-refractivity contribution in [3.05, 3.63) is 23.7 Å². The molecule has 0 radical (unpaired) electrons. The Bertz CT molecular complexity index is 736. The van der Waals surface area contributed by atoms with Crippen LogP contribution in [0.4, 0.5) is 29.3 Å². The first-order valence-corrected chi connectivity index (χ1v) is 7.39. The van der Waals surface area contributed by atoms with E-state index in [0.29, 0.717) is 11.9 Å². The van der Waals surface area contributed by atoms with Gasteiger partial charge in [-0.25, -0.2) is 9.37 Å². The quantitative estimate of drug-likeness (QED) is 0.500. The third-order valence-electron chi connectivity index (χ3n) is 3.36. The van der Waals surface area contributed by atoms with Crippen LogP contribution in [0.15, 0.2) is 23.1 Å². The van der Waals surface area contributed by atoms with E-state index in [1.165, 1.54) is 14.0 Å². The molecular weight excluding hydrogens is 354 g/mol. The number of rotatable bonds is 7. The number of alkyl halides is 4. The van der Waals surface area contributed by atoms with Crippen LogP contribution in [-0.2, 0) is 6.18 Å². The highest BCUT2D eigenvalue weighted by molar-refractivity contribution is 6.00. The summed E-state index contributed by atoms with van der Waals surface area (Å²) in [5.41, 5.74) is 3.75. The number of hydrogen-bond acceptors (Lipinski definition) is 7. The minimum atomic E-state index is -4.60. The molecule has 1 aromatic rings. The molecule has 0 aliphatic heterocycles. The molecule has 1 heterocycles. The molecule has 4 N–H and O–H groups in total. The maximum Gasteiger partial charge on any atom is 0.421 e. The molecule has 0 fully saturated rings. The monoisotopic (exact) mass is 373 g/mol. The Morgan fingerprint density at radius 3 is 2.58 bits per heavy atom. The summed E-state index contributed by atoms with van der Waals surface area (Å²) in [6.07, 6.45) is -2.84. The van der Waals surface area contributed by atoms with Gasteiger partial charge in [0.1, 0.15) is 23.5 Å². The smallest absolute Gasteiger partial charge is 0.403 e. The van der Waals surface area contributed by atoms with E-state index in [4.69, 9.17) is 11.0 Å². The highest BCUT2D eigenvalue weighted by atomic mass is 19.4. The first-order chi connectivity index (χ1) is 12.1. The number of nitrogens with one attached hydrogen (secondary N) is 2. The third kappa shape index (κ3) is 5.30. The largest absolute Gasteiger partial charge is 0.421 e. The van der Waals surface area contributed by atoms with Crippen molar-refractivity contribution in [1.29, 1.82) is 5.26 Å². The maximum absolute atomic E-state index is 12.9. The number of nitrogens with two attached hydrogens (primary N) is 1. The summed E-state index contributed by atoms with van der Waals surface area (Å²) < 4.78 is 51.4. The van der Waals surface area contributed by atoms with Gasteiger partial charge in [-0.1, -0.05) is 0 Å². The Morgan fingerprint density at radius 1 is 1.46 bits per heavy atom. The molecule has 0 spiro atoms. The Labute approximate surface area is 148 Å². The summed E-state index contributed by atoms with van der Waals surface area (Å²) in [5, 5.41) is 14.0. The average molecular weight is 373 g/mol. The van der Waals surface area contributed by atoms with Gasteiger partial charge >= 0.3 is 6.18 Å². The number of anilines is 2. The normalized spacial score (nSPS) is 15.2. The zero-order chi connectivity index (χ0) is 20.0. The van der Waals surface area contributed by atoms with Crippen LogP contribution in [-0.4, -0.2) is 35.9 Å². The molecule has 1 aromatic heterocycles. The van der Waals surface area contributed by atoms with E-state index in [0.717, 1.165) is 6.20 Å². The van der Waals surface area contributed by atoms with Gasteiger partial charge in [-0.3, -0.25) is 4.99 Å². The van der Waals surface area contributed by atoms with Crippen molar-refractivity contribution in [3.63, 3.8) is 0 Å². The highest BCUT2D eigenvalue weighted by Gasteiger charge is 2.35. The van der Waals surface area contributed by atoms with Gasteiger partial charge in [0.25, 0.3) is 0 Å². The lowest BCUT2D eigenvalue weighted by atomic mass is 9.95. The van der Waals surface area contributed by atoms with Crippen molar-refractivity contribution < 1.29 is 17.6 Å². The predicted molar refractivity (Wildman–Crippen MR) is 90.1 cm³/mol. The van der Waals surface area contributed by atoms with Crippen LogP contribution in [0.5, 0.6) is 0 Å². The van der Waals surface area contributed by atoms with Gasteiger partial charge in [0.15, 0.2) is 0 Å². The molecule has 11 heteroatoms. The van der Waals surface area contributed by atoms with Crippen LogP contribution in [0.25, 0.3) is 0 Å². The van der Waals surface area contributed by atoms with Gasteiger partial charge in [-0.15, -0.1) is 0 Å². The Morgan fingerprint density at radius 2 is 2.12 bits per heavy atom. The average Bonchev–Trinajstić information content (AvgIpc) is 2.62. The van der Waals surface area contributed by atoms with Gasteiger partial charge in [0, 0.05) is 19.4 Å². The lowest BCUT2D eigenvalue weighted by Crippen LogP contribution is -2.22. The van der Waals surface area contributed by atoms with E-state index in [9.17, 15) is 17.6 Å². The van der Waals surface area contributed by atoms with Gasteiger partial charge in [-0.05, 0) is 13.8 Å². The van der Waals surface area contributed by atoms with E-state index in [1.54, 1.807) is 6.92 Å². The Balaban J connectivity index is 3.04. The Hall–Kier alpha value is -2.90. The minimum Gasteiger partial charge on any atom is -0.403 e. The number of hydrogen-bond donors (Lipinski definition) is 3. The number of aliphatic imine (C=N–C) groups is 1. The van der Waals surface area contributed by atoms with Crippen LogP contribution < -0.4 is 16.4 Å². The van der Waals surface area contributed by atoms with E-state index < -0.39 is 29.6 Å². The predicted octanol–water partition coefficient (Wildman–Crippen LogP) is 2.71. The molecule has 0 amide bonds. The summed E-state index contributed by atoms with van der Waals surface area (Å²) in [6, 6.07) is 1.83. The van der Waals surface area contributed by atoms with Crippen molar-refractivity contribution in [2.24, 2.45) is 16.1 Å². The summed E-state index contributed by atoms with van der Waals surface area (Å²) in [4.78, 5) is 11.5. The number of halogens is 4. The topological polar surface area (TPSA) is 112 Å². The summed E-state index contributed by atoms with van der Waals surface area (Å²) in [7, 11) is 1.30. The molecule has 0 saturated heterocycles. The summed E-state index contributed by atoms with van der Waals surface area (Å²) in [6.45, 7) is 1.98. The fourth-order valence-electron chi connectivity index (χ4n) is 1.70. The van der Waals surface area contributed by atoms with Crippen LogP contribution in [0.2, 0.25) is 0 Å². The number of allylic oxidation sites excluding steroid dienone is 1. The van der Waals surface area contributed by atoms with Crippen LogP contribution in [0.1, 0.15) is 19.4 Å². The molecule has 142 valence electrons. The zero-order valence-corrected chi connectivity index (χ0v) is 14.4. The van der Waals surface area contributed by atoms with E-state index in [2.05, 4.69) is 25.6 Å². The molecule has 1 unspecified atom stereocenters. The molecule has 0 aliphatic carbocycles. The van der Waals surface area contributed by atoms with Crippen LogP contribution >= 0.6 is 0 Å². The molecule has 0 bridgehead atoms. The SMILES string of the molecule is CNc1nc(NC(=C/N)/C(C)=N\CC(C)(C#N)CF)ncc1C(F)(F)F. The summed E-state index contributed by atoms with van der Waals surface area (Å²) >= 11 is 0. The maximum atomic E-state index is 12.9. The number of nitriles is 1. The number of nitrogens with zero attached hydrogens (tertiary/aromatic N) is 4. The Kier molecular flexibility index (Phi) is 6.88. The van der Waals surface area contributed by atoms with Crippen LogP contribution in [0.3, 0.4) is 0 Å². The van der Waals surface area contributed by atoms with Gasteiger partial charge in [-0.2, -0.15) is 23.4 Å². The molecule has 1 atom stereocenters. The molecular formula is C15H19F4N7. The minimum absolute atomic E-state index is 0.111. The van der Waals surface area contributed by atoms with Crippen molar-refractivity contribution in [3.8, 4) is 6.07 Å². The van der Waals surface area contributed by atoms with Gasteiger partial charge in [0.2, 0.25) is 5.95 Å². The van der Waals surface area contributed by atoms with Crippen LogP contribution in [0, 0.1) is 16.7 Å². The van der Waals surface area contributed by atoms with E-state index in [1.807, 2.05) is 6.07 Å². The fraction of sp³-hybridized carbons (Fsp3) is 0.467. The van der Waals surface area contributed by atoms with Crippen molar-refractivity contribution in [2.75, 3.05) is 30.9 Å². The molecule has 0 aromatic carbocycles. The van der Waals surface area contributed by atoms with Crippen molar-refractivity contribution >= 4 is 17.5 Å². The van der Waals surface area contributed by atoms with Gasteiger partial charge in [0.05, 0.1) is 24.0 Å². The lowest BCUT2D eigenvalue weighted by Gasteiger charge is -2.16. The fourth-order valence-corrected chi connectivity index (χ4v) is 1.70. The standard InChI is InChI=1S/C15H19F4N7/c1-9(24-8-14(2,6-16)7-21)11(4-20)25-13-23-5-10(15(17,18)19)12(22-3)26-13/h4-5H,6,8,20H2,1-3H3,(H2,22,23,25,26)/b11-4+,24-9-. The first-order valence-electron chi connectivity index (χ1n) is 7.39. The van der Waals surface area contributed by atoms with Gasteiger partial charge < -0.3 is 16.4 Å². The van der Waals surface area contributed by atoms with Crippen molar-refractivity contribution in [1.82, 2.24) is 9.97 Å². The number of aromatic nitrogens is 2. The second-order valence-corrected chi connectivity index (χ2v) is 5.62. The van der Waals surface area contributed by atoms with Crippen molar-refractivity contribution in [2.45, 2.75) is 20.0 Å². The lowest BCUT2D eigenvalue weighted by molar-refractivity contribution is -0.137. The highest BCUT2D eigenvalue weighted by Crippen LogP contribution is 2.33. The third-order valence-corrected chi connectivity index (χ3v) is 3.36.